The Morgan fingerprint density at radius 2 is 2.00 bits per heavy atom. The maximum Gasteiger partial charge on any atom is 0.252 e. The maximum absolute atomic E-state index is 11.4. The summed E-state index contributed by atoms with van der Waals surface area (Å²) >= 11 is 6.32. The van der Waals surface area contributed by atoms with Crippen LogP contribution >= 0.6 is 11.6 Å². The average molecular weight is 356 g/mol. The number of halogens is 1. The van der Waals surface area contributed by atoms with E-state index < -0.39 is 0 Å². The number of aryl methyl sites for hydroxylation is 2. The number of nitrogens with one attached hydrogen (secondary N) is 2. The molecule has 0 fully saturated rings. The molecule has 0 spiro atoms. The monoisotopic (exact) mass is 355 g/mol. The molecule has 128 valence electrons. The Labute approximate surface area is 150 Å². The highest BCUT2D eigenvalue weighted by molar-refractivity contribution is 6.32. The highest BCUT2D eigenvalue weighted by atomic mass is 35.5. The molecule has 3 rings (SSSR count). The number of benzene rings is 1. The van der Waals surface area contributed by atoms with Crippen LogP contribution in [0.2, 0.25) is 5.02 Å². The van der Waals surface area contributed by atoms with Gasteiger partial charge in [-0.05, 0) is 39.0 Å². The van der Waals surface area contributed by atoms with Gasteiger partial charge in [0.05, 0.1) is 16.9 Å². The molecule has 6 nitrogen and oxygen atoms in total. The van der Waals surface area contributed by atoms with E-state index in [4.69, 9.17) is 11.6 Å². The van der Waals surface area contributed by atoms with Crippen LogP contribution in [0.15, 0.2) is 46.3 Å². The van der Waals surface area contributed by atoms with E-state index in [1.807, 2.05) is 44.2 Å². The third-order valence-corrected chi connectivity index (χ3v) is 4.13. The van der Waals surface area contributed by atoms with Gasteiger partial charge >= 0.3 is 0 Å². The van der Waals surface area contributed by atoms with E-state index in [2.05, 4.69) is 25.1 Å². The molecular weight excluding hydrogens is 338 g/mol. The minimum atomic E-state index is -0.220. The molecule has 0 saturated carbocycles. The van der Waals surface area contributed by atoms with E-state index in [0.717, 1.165) is 22.6 Å². The van der Waals surface area contributed by atoms with Gasteiger partial charge in [-0.1, -0.05) is 23.7 Å². The van der Waals surface area contributed by atoms with Crippen molar-refractivity contribution in [1.29, 1.82) is 0 Å². The Balaban J connectivity index is 1.88. The van der Waals surface area contributed by atoms with Crippen LogP contribution in [0.3, 0.4) is 0 Å². The normalized spacial score (nSPS) is 11.2. The van der Waals surface area contributed by atoms with Crippen LogP contribution in [0.4, 0.5) is 5.95 Å². The summed E-state index contributed by atoms with van der Waals surface area (Å²) in [5.41, 5.74) is 7.09. The van der Waals surface area contributed by atoms with Crippen LogP contribution in [0.5, 0.6) is 0 Å². The fourth-order valence-corrected chi connectivity index (χ4v) is 2.94. The minimum absolute atomic E-state index is 0.220. The van der Waals surface area contributed by atoms with Gasteiger partial charge in [-0.25, -0.2) is 10.4 Å². The molecule has 0 saturated heterocycles. The quantitative estimate of drug-likeness (QED) is 0.554. The summed E-state index contributed by atoms with van der Waals surface area (Å²) in [6.07, 6.45) is 1.69. The van der Waals surface area contributed by atoms with Crippen molar-refractivity contribution in [3.05, 3.63) is 74.4 Å². The largest absolute Gasteiger partial charge is 0.316 e. The van der Waals surface area contributed by atoms with Crippen molar-refractivity contribution in [2.45, 2.75) is 20.8 Å². The predicted molar refractivity (Wildman–Crippen MR) is 101 cm³/mol. The Morgan fingerprint density at radius 1 is 1.24 bits per heavy atom. The lowest BCUT2D eigenvalue weighted by Gasteiger charge is -2.11. The maximum atomic E-state index is 11.4. The standard InChI is InChI=1S/C18H18ClN5O/c1-11-8-17(25)22-18(21-11)23-20-10-14-9-12(2)24(13(14)3)16-7-5-4-6-15(16)19/h4-10H,1-3H3,(H2,21,22,23,25). The summed E-state index contributed by atoms with van der Waals surface area (Å²) in [4.78, 5) is 18.2. The van der Waals surface area contributed by atoms with E-state index >= 15 is 0 Å². The van der Waals surface area contributed by atoms with Crippen molar-refractivity contribution in [2.75, 3.05) is 5.43 Å². The van der Waals surface area contributed by atoms with Gasteiger partial charge in [-0.2, -0.15) is 5.10 Å². The number of rotatable bonds is 4. The molecule has 1 aromatic carbocycles. The Kier molecular flexibility index (Phi) is 4.72. The van der Waals surface area contributed by atoms with Crippen LogP contribution in [0, 0.1) is 20.8 Å². The summed E-state index contributed by atoms with van der Waals surface area (Å²) in [6.45, 7) is 5.77. The second kappa shape index (κ2) is 6.94. The molecule has 2 heterocycles. The van der Waals surface area contributed by atoms with Crippen LogP contribution in [-0.4, -0.2) is 20.7 Å². The van der Waals surface area contributed by atoms with E-state index in [9.17, 15) is 4.79 Å². The molecule has 0 amide bonds. The summed E-state index contributed by atoms with van der Waals surface area (Å²) in [7, 11) is 0. The smallest absolute Gasteiger partial charge is 0.252 e. The molecule has 3 aromatic rings. The van der Waals surface area contributed by atoms with E-state index in [1.165, 1.54) is 6.07 Å². The van der Waals surface area contributed by atoms with Crippen LogP contribution in [0.25, 0.3) is 5.69 Å². The average Bonchev–Trinajstić information content (AvgIpc) is 2.81. The molecule has 7 heteroatoms. The zero-order chi connectivity index (χ0) is 18.0. The Morgan fingerprint density at radius 3 is 2.72 bits per heavy atom. The lowest BCUT2D eigenvalue weighted by molar-refractivity contribution is 0.965. The van der Waals surface area contributed by atoms with Crippen LogP contribution < -0.4 is 11.0 Å². The number of H-pyrrole nitrogens is 1. The zero-order valence-electron chi connectivity index (χ0n) is 14.2. The third kappa shape index (κ3) is 3.64. The number of anilines is 1. The minimum Gasteiger partial charge on any atom is -0.316 e. The van der Waals surface area contributed by atoms with Crippen molar-refractivity contribution < 1.29 is 0 Å². The van der Waals surface area contributed by atoms with E-state index in [-0.39, 0.29) is 5.56 Å². The van der Waals surface area contributed by atoms with Gasteiger partial charge in [0.25, 0.3) is 5.56 Å². The number of nitrogens with zero attached hydrogens (tertiary/aromatic N) is 3. The first-order chi connectivity index (χ1) is 12.0. The second-order valence-corrected chi connectivity index (χ2v) is 6.13. The SMILES string of the molecule is Cc1cc(=O)[nH]c(NN=Cc2cc(C)n(-c3ccccc3Cl)c2C)n1. The summed E-state index contributed by atoms with van der Waals surface area (Å²) in [5.74, 6) is 0.307. The predicted octanol–water partition coefficient (Wildman–Crippen LogP) is 3.59. The zero-order valence-corrected chi connectivity index (χ0v) is 14.9. The van der Waals surface area contributed by atoms with Gasteiger partial charge in [0.1, 0.15) is 0 Å². The molecule has 2 N–H and O–H groups in total. The number of hydrogen-bond acceptors (Lipinski definition) is 4. The molecule has 0 radical (unpaired) electrons. The molecule has 25 heavy (non-hydrogen) atoms. The lowest BCUT2D eigenvalue weighted by Crippen LogP contribution is -2.10. The second-order valence-electron chi connectivity index (χ2n) is 5.72. The van der Waals surface area contributed by atoms with Gasteiger partial charge in [-0.15, -0.1) is 0 Å². The number of aromatic nitrogens is 3. The third-order valence-electron chi connectivity index (χ3n) is 3.81. The highest BCUT2D eigenvalue weighted by Gasteiger charge is 2.11. The van der Waals surface area contributed by atoms with Crippen molar-refractivity contribution in [2.24, 2.45) is 5.10 Å². The summed E-state index contributed by atoms with van der Waals surface area (Å²) in [5, 5.41) is 4.86. The van der Waals surface area contributed by atoms with Gasteiger partial charge in [0.15, 0.2) is 0 Å². The molecule has 0 unspecified atom stereocenters. The number of para-hydroxylation sites is 1. The first-order valence-corrected chi connectivity index (χ1v) is 8.14. The number of aromatic amines is 1. The fourth-order valence-electron chi connectivity index (χ4n) is 2.72. The first kappa shape index (κ1) is 17.0. The van der Waals surface area contributed by atoms with Crippen LogP contribution in [-0.2, 0) is 0 Å². The molecular formula is C18H18ClN5O. The number of hydrogen-bond donors (Lipinski definition) is 2. The van der Waals surface area contributed by atoms with E-state index in [0.29, 0.717) is 16.7 Å². The molecule has 0 aliphatic rings. The molecule has 0 aliphatic heterocycles. The van der Waals surface area contributed by atoms with Gasteiger partial charge in [0.2, 0.25) is 5.95 Å². The summed E-state index contributed by atoms with van der Waals surface area (Å²) < 4.78 is 2.08. The fraction of sp³-hybridized carbons (Fsp3) is 0.167. The first-order valence-electron chi connectivity index (χ1n) is 7.76. The van der Waals surface area contributed by atoms with Gasteiger partial charge in [-0.3, -0.25) is 9.78 Å². The van der Waals surface area contributed by atoms with Gasteiger partial charge < -0.3 is 4.57 Å². The molecule has 2 aromatic heterocycles. The van der Waals surface area contributed by atoms with Crippen molar-refractivity contribution in [1.82, 2.24) is 14.5 Å². The van der Waals surface area contributed by atoms with Crippen molar-refractivity contribution >= 4 is 23.8 Å². The van der Waals surface area contributed by atoms with Gasteiger partial charge in [0, 0.05) is 28.7 Å². The van der Waals surface area contributed by atoms with Crippen molar-refractivity contribution in [3.8, 4) is 5.69 Å². The lowest BCUT2D eigenvalue weighted by atomic mass is 10.2. The summed E-state index contributed by atoms with van der Waals surface area (Å²) in [6, 6.07) is 11.1. The van der Waals surface area contributed by atoms with E-state index in [1.54, 1.807) is 13.1 Å². The topological polar surface area (TPSA) is 75.1 Å². The Bertz CT molecular complexity index is 1000. The molecule has 0 aliphatic carbocycles. The highest BCUT2D eigenvalue weighted by Crippen LogP contribution is 2.25. The Hall–Kier alpha value is -2.86. The van der Waals surface area contributed by atoms with Crippen LogP contribution in [0.1, 0.15) is 22.6 Å². The molecule has 0 bridgehead atoms. The number of hydrazone groups is 1. The molecule has 0 atom stereocenters. The van der Waals surface area contributed by atoms with Crippen molar-refractivity contribution in [3.63, 3.8) is 0 Å².